The Morgan fingerprint density at radius 3 is 2.52 bits per heavy atom. The number of nitrogens with zero attached hydrogens (tertiary/aromatic N) is 3. The molecule has 0 aliphatic carbocycles. The van der Waals surface area contributed by atoms with E-state index in [2.05, 4.69) is 27.6 Å². The first-order valence-corrected chi connectivity index (χ1v) is 10.0. The summed E-state index contributed by atoms with van der Waals surface area (Å²) in [4.78, 5) is 24.2. The molecule has 9 heteroatoms. The van der Waals surface area contributed by atoms with Crippen LogP contribution in [0.25, 0.3) is 11.4 Å². The number of benzene rings is 2. The third-order valence-electron chi connectivity index (χ3n) is 3.83. The van der Waals surface area contributed by atoms with Crippen molar-refractivity contribution < 1.29 is 9.59 Å². The van der Waals surface area contributed by atoms with Gasteiger partial charge in [0.05, 0.1) is 16.3 Å². The molecule has 0 radical (unpaired) electrons. The van der Waals surface area contributed by atoms with E-state index in [0.29, 0.717) is 22.5 Å². The minimum atomic E-state index is -0.491. The summed E-state index contributed by atoms with van der Waals surface area (Å²) in [6.07, 6.45) is 1.74. The molecule has 0 aliphatic rings. The minimum Gasteiger partial charge on any atom is -0.298 e. The van der Waals surface area contributed by atoms with Crippen molar-refractivity contribution in [1.82, 2.24) is 25.6 Å². The number of allylic oxidation sites excluding steroid dienone is 1. The predicted molar refractivity (Wildman–Crippen MR) is 113 cm³/mol. The summed E-state index contributed by atoms with van der Waals surface area (Å²) in [5.74, 6) is -0.132. The molecule has 2 amide bonds. The normalized spacial score (nSPS) is 10.4. The Morgan fingerprint density at radius 1 is 1.07 bits per heavy atom. The largest absolute Gasteiger partial charge is 0.298 e. The van der Waals surface area contributed by atoms with Crippen molar-refractivity contribution in [2.45, 2.75) is 11.7 Å². The molecule has 0 saturated carbocycles. The number of thioether (sulfide) groups is 1. The maximum atomic E-state index is 12.1. The van der Waals surface area contributed by atoms with Gasteiger partial charge < -0.3 is 0 Å². The summed E-state index contributed by atoms with van der Waals surface area (Å²) in [6.45, 7) is 4.27. The smallest absolute Gasteiger partial charge is 0.271 e. The van der Waals surface area contributed by atoms with Gasteiger partial charge in [0.2, 0.25) is 5.91 Å². The van der Waals surface area contributed by atoms with Gasteiger partial charge in [-0.1, -0.05) is 71.9 Å². The second-order valence-corrected chi connectivity index (χ2v) is 7.19. The first kappa shape index (κ1) is 20.6. The van der Waals surface area contributed by atoms with E-state index >= 15 is 0 Å². The Balaban J connectivity index is 1.60. The van der Waals surface area contributed by atoms with Gasteiger partial charge in [0.25, 0.3) is 5.91 Å². The Morgan fingerprint density at radius 2 is 1.79 bits per heavy atom. The van der Waals surface area contributed by atoms with Crippen molar-refractivity contribution in [3.63, 3.8) is 0 Å². The Kier molecular flexibility index (Phi) is 7.04. The molecule has 3 aromatic rings. The lowest BCUT2D eigenvalue weighted by Gasteiger charge is -2.09. The van der Waals surface area contributed by atoms with Crippen LogP contribution in [0.2, 0.25) is 5.02 Å². The minimum absolute atomic E-state index is 0.0485. The molecule has 0 unspecified atom stereocenters. The van der Waals surface area contributed by atoms with Crippen LogP contribution in [-0.2, 0) is 11.3 Å². The molecule has 1 heterocycles. The Bertz CT molecular complexity index is 1020. The van der Waals surface area contributed by atoms with Gasteiger partial charge in [-0.05, 0) is 12.1 Å². The molecule has 7 nitrogen and oxygen atoms in total. The van der Waals surface area contributed by atoms with Crippen molar-refractivity contribution in [3.8, 4) is 11.4 Å². The maximum Gasteiger partial charge on any atom is 0.271 e. The number of aromatic nitrogens is 3. The van der Waals surface area contributed by atoms with Gasteiger partial charge >= 0.3 is 0 Å². The average molecular weight is 428 g/mol. The van der Waals surface area contributed by atoms with Crippen LogP contribution in [0.3, 0.4) is 0 Å². The topological polar surface area (TPSA) is 88.9 Å². The fourth-order valence-electron chi connectivity index (χ4n) is 2.50. The Labute approximate surface area is 177 Å². The highest BCUT2D eigenvalue weighted by Gasteiger charge is 2.15. The lowest BCUT2D eigenvalue weighted by molar-refractivity contribution is -0.119. The predicted octanol–water partition coefficient (Wildman–Crippen LogP) is 3.34. The summed E-state index contributed by atoms with van der Waals surface area (Å²) in [5.41, 5.74) is 5.92. The number of hydrogen-bond acceptors (Lipinski definition) is 5. The van der Waals surface area contributed by atoms with E-state index in [1.807, 2.05) is 34.9 Å². The first-order chi connectivity index (χ1) is 14.1. The van der Waals surface area contributed by atoms with Crippen LogP contribution >= 0.6 is 23.4 Å². The molecule has 0 spiro atoms. The number of nitrogens with one attached hydrogen (secondary N) is 2. The number of amides is 2. The van der Waals surface area contributed by atoms with Gasteiger partial charge in [0.15, 0.2) is 11.0 Å². The molecule has 148 valence electrons. The number of carbonyl (C=O) groups excluding carboxylic acids is 2. The fourth-order valence-corrected chi connectivity index (χ4v) is 3.46. The molecule has 2 aromatic carbocycles. The molecule has 0 fully saturated rings. The molecule has 0 aliphatic heterocycles. The van der Waals surface area contributed by atoms with E-state index in [1.165, 1.54) is 11.8 Å². The standard InChI is InChI=1S/C20H18ClN5O2S/c1-2-12-26-18(14-8-4-3-5-9-14)23-25-20(26)29-13-17(27)22-24-19(28)15-10-6-7-11-16(15)21/h2-11H,1,12-13H2,(H,22,27)(H,24,28). The van der Waals surface area contributed by atoms with Crippen LogP contribution in [0.4, 0.5) is 0 Å². The van der Waals surface area contributed by atoms with Gasteiger partial charge in [0, 0.05) is 12.1 Å². The monoisotopic (exact) mass is 427 g/mol. The molecular formula is C20H18ClN5O2S. The third-order valence-corrected chi connectivity index (χ3v) is 5.12. The van der Waals surface area contributed by atoms with Gasteiger partial charge in [-0.2, -0.15) is 0 Å². The Hall–Kier alpha value is -3.10. The molecule has 29 heavy (non-hydrogen) atoms. The van der Waals surface area contributed by atoms with E-state index in [1.54, 1.807) is 30.3 Å². The number of carbonyl (C=O) groups is 2. The molecular weight excluding hydrogens is 410 g/mol. The zero-order valence-electron chi connectivity index (χ0n) is 15.3. The summed E-state index contributed by atoms with van der Waals surface area (Å²) < 4.78 is 1.88. The van der Waals surface area contributed by atoms with E-state index in [-0.39, 0.29) is 17.2 Å². The van der Waals surface area contributed by atoms with E-state index in [9.17, 15) is 9.59 Å². The first-order valence-electron chi connectivity index (χ1n) is 8.66. The molecule has 0 atom stereocenters. The molecule has 1 aromatic heterocycles. The van der Waals surface area contributed by atoms with Crippen LogP contribution in [-0.4, -0.2) is 32.3 Å². The van der Waals surface area contributed by atoms with Crippen molar-refractivity contribution in [2.75, 3.05) is 5.75 Å². The average Bonchev–Trinajstić information content (AvgIpc) is 3.14. The fraction of sp³-hybridized carbons (Fsp3) is 0.100. The summed E-state index contributed by atoms with van der Waals surface area (Å²) in [5, 5.41) is 9.30. The second-order valence-electron chi connectivity index (χ2n) is 5.84. The number of rotatable bonds is 7. The summed E-state index contributed by atoms with van der Waals surface area (Å²) in [6, 6.07) is 16.2. The van der Waals surface area contributed by atoms with Crippen LogP contribution < -0.4 is 10.9 Å². The van der Waals surface area contributed by atoms with Crippen molar-refractivity contribution in [1.29, 1.82) is 0 Å². The zero-order chi connectivity index (χ0) is 20.6. The number of hydrazine groups is 1. The molecule has 0 saturated heterocycles. The molecule has 3 rings (SSSR count). The number of halogens is 1. The highest BCUT2D eigenvalue weighted by Crippen LogP contribution is 2.23. The zero-order valence-corrected chi connectivity index (χ0v) is 16.9. The lowest BCUT2D eigenvalue weighted by atomic mass is 10.2. The van der Waals surface area contributed by atoms with E-state index < -0.39 is 5.91 Å². The van der Waals surface area contributed by atoms with Crippen LogP contribution in [0.15, 0.2) is 72.4 Å². The van der Waals surface area contributed by atoms with Gasteiger partial charge in [-0.25, -0.2) is 0 Å². The van der Waals surface area contributed by atoms with Gasteiger partial charge in [-0.3, -0.25) is 25.0 Å². The third kappa shape index (κ3) is 5.24. The summed E-state index contributed by atoms with van der Waals surface area (Å²) in [7, 11) is 0. The van der Waals surface area contributed by atoms with Crippen molar-refractivity contribution in [3.05, 3.63) is 77.8 Å². The van der Waals surface area contributed by atoms with Gasteiger partial charge in [-0.15, -0.1) is 16.8 Å². The maximum absolute atomic E-state index is 12.1. The van der Waals surface area contributed by atoms with Gasteiger partial charge in [0.1, 0.15) is 0 Å². The van der Waals surface area contributed by atoms with E-state index in [4.69, 9.17) is 11.6 Å². The molecule has 2 N–H and O–H groups in total. The SMILES string of the molecule is C=CCn1c(SCC(=O)NNC(=O)c2ccccc2Cl)nnc1-c1ccccc1. The quantitative estimate of drug-likeness (QED) is 0.343. The second kappa shape index (κ2) is 9.90. The number of hydrogen-bond donors (Lipinski definition) is 2. The summed E-state index contributed by atoms with van der Waals surface area (Å²) >= 11 is 7.19. The van der Waals surface area contributed by atoms with Crippen molar-refractivity contribution in [2.24, 2.45) is 0 Å². The van der Waals surface area contributed by atoms with Crippen LogP contribution in [0, 0.1) is 0 Å². The van der Waals surface area contributed by atoms with Crippen LogP contribution in [0.5, 0.6) is 0 Å². The van der Waals surface area contributed by atoms with Crippen molar-refractivity contribution >= 4 is 35.2 Å². The lowest BCUT2D eigenvalue weighted by Crippen LogP contribution is -2.42. The molecule has 0 bridgehead atoms. The van der Waals surface area contributed by atoms with E-state index in [0.717, 1.165) is 5.56 Å². The highest BCUT2D eigenvalue weighted by atomic mass is 35.5. The highest BCUT2D eigenvalue weighted by molar-refractivity contribution is 7.99. The van der Waals surface area contributed by atoms with Crippen LogP contribution in [0.1, 0.15) is 10.4 Å².